The van der Waals surface area contributed by atoms with Crippen LogP contribution < -0.4 is 0 Å². The Kier molecular flexibility index (Phi) is 5.33. The van der Waals surface area contributed by atoms with Gasteiger partial charge in [-0.3, -0.25) is 4.68 Å². The van der Waals surface area contributed by atoms with Crippen LogP contribution in [0.5, 0.6) is 0 Å². The first-order chi connectivity index (χ1) is 7.62. The molecular weight excluding hydrogens is 220 g/mol. The molecule has 1 aromatic heterocycles. The van der Waals surface area contributed by atoms with Crippen molar-refractivity contribution in [2.75, 3.05) is 5.88 Å². The zero-order chi connectivity index (χ0) is 12.1. The highest BCUT2D eigenvalue weighted by Gasteiger charge is 2.16. The summed E-state index contributed by atoms with van der Waals surface area (Å²) in [5, 5.41) is 4.57. The molecule has 1 aromatic rings. The van der Waals surface area contributed by atoms with E-state index in [2.05, 4.69) is 43.5 Å². The molecule has 1 heterocycles. The fourth-order valence-electron chi connectivity index (χ4n) is 1.86. The van der Waals surface area contributed by atoms with Crippen molar-refractivity contribution in [2.24, 2.45) is 11.8 Å². The zero-order valence-corrected chi connectivity index (χ0v) is 11.6. The van der Waals surface area contributed by atoms with Gasteiger partial charge in [0, 0.05) is 18.1 Å². The topological polar surface area (TPSA) is 17.8 Å². The highest BCUT2D eigenvalue weighted by Crippen LogP contribution is 2.19. The quantitative estimate of drug-likeness (QED) is 0.698. The predicted molar refractivity (Wildman–Crippen MR) is 70.0 cm³/mol. The second-order valence-corrected chi connectivity index (χ2v) is 4.97. The molecule has 0 saturated heterocycles. The van der Waals surface area contributed by atoms with Crippen LogP contribution >= 0.6 is 11.6 Å². The number of alkyl halides is 1. The maximum Gasteiger partial charge on any atom is 0.0624 e. The van der Waals surface area contributed by atoms with Crippen molar-refractivity contribution >= 4 is 11.6 Å². The molecule has 0 fully saturated rings. The molecule has 1 unspecified atom stereocenters. The summed E-state index contributed by atoms with van der Waals surface area (Å²) in [6.45, 7) is 9.71. The molecule has 0 aliphatic heterocycles. The van der Waals surface area contributed by atoms with Gasteiger partial charge in [0.1, 0.15) is 0 Å². The summed E-state index contributed by atoms with van der Waals surface area (Å²) >= 11 is 6.02. The number of aryl methyl sites for hydroxylation is 2. The third-order valence-electron chi connectivity index (χ3n) is 3.19. The Hall–Kier alpha value is -0.500. The molecule has 0 aliphatic rings. The molecule has 1 atom stereocenters. The molecule has 0 aromatic carbocycles. The summed E-state index contributed by atoms with van der Waals surface area (Å²) in [5.41, 5.74) is 2.52. The third kappa shape index (κ3) is 3.24. The van der Waals surface area contributed by atoms with Crippen LogP contribution in [-0.2, 0) is 19.4 Å². The maximum atomic E-state index is 6.02. The molecule has 3 heteroatoms. The van der Waals surface area contributed by atoms with Gasteiger partial charge in [-0.15, -0.1) is 11.6 Å². The lowest BCUT2D eigenvalue weighted by Gasteiger charge is -2.18. The van der Waals surface area contributed by atoms with Crippen molar-refractivity contribution in [3.05, 3.63) is 17.5 Å². The van der Waals surface area contributed by atoms with Crippen molar-refractivity contribution in [2.45, 2.75) is 47.1 Å². The molecule has 0 radical (unpaired) electrons. The first-order valence-corrected chi connectivity index (χ1v) is 6.77. The van der Waals surface area contributed by atoms with Gasteiger partial charge in [-0.25, -0.2) is 0 Å². The van der Waals surface area contributed by atoms with Crippen molar-refractivity contribution in [1.29, 1.82) is 0 Å². The molecule has 16 heavy (non-hydrogen) atoms. The van der Waals surface area contributed by atoms with E-state index in [0.29, 0.717) is 11.8 Å². The first kappa shape index (κ1) is 13.6. The van der Waals surface area contributed by atoms with Crippen molar-refractivity contribution in [3.8, 4) is 0 Å². The van der Waals surface area contributed by atoms with Gasteiger partial charge in [-0.1, -0.05) is 20.8 Å². The Morgan fingerprint density at radius 3 is 2.50 bits per heavy atom. The van der Waals surface area contributed by atoms with E-state index in [1.807, 2.05) is 0 Å². The van der Waals surface area contributed by atoms with E-state index in [1.54, 1.807) is 0 Å². The van der Waals surface area contributed by atoms with Gasteiger partial charge >= 0.3 is 0 Å². The highest BCUT2D eigenvalue weighted by molar-refractivity contribution is 6.18. The van der Waals surface area contributed by atoms with Crippen LogP contribution in [0.1, 0.15) is 39.1 Å². The largest absolute Gasteiger partial charge is 0.270 e. The van der Waals surface area contributed by atoms with Crippen molar-refractivity contribution in [3.63, 3.8) is 0 Å². The second kappa shape index (κ2) is 6.29. The van der Waals surface area contributed by atoms with Crippen LogP contribution in [0.4, 0.5) is 0 Å². The fraction of sp³-hybridized carbons (Fsp3) is 0.769. The Bertz CT molecular complexity index is 318. The average Bonchev–Trinajstić information content (AvgIpc) is 2.67. The lowest BCUT2D eigenvalue weighted by Crippen LogP contribution is -2.16. The molecule has 2 nitrogen and oxygen atoms in total. The lowest BCUT2D eigenvalue weighted by molar-refractivity contribution is 0.408. The summed E-state index contributed by atoms with van der Waals surface area (Å²) in [4.78, 5) is 0. The molecule has 92 valence electrons. The molecule has 1 rings (SSSR count). The van der Waals surface area contributed by atoms with Gasteiger partial charge in [-0.2, -0.15) is 5.10 Å². The van der Waals surface area contributed by atoms with Crippen LogP contribution in [0.25, 0.3) is 0 Å². The van der Waals surface area contributed by atoms with Gasteiger partial charge in [0.2, 0.25) is 0 Å². The standard InChI is InChI=1S/C13H23ClN2/c1-5-12-8-13(16(6-2)15-12)7-11(9-14)10(3)4/h8,10-11H,5-7,9H2,1-4H3. The highest BCUT2D eigenvalue weighted by atomic mass is 35.5. The Balaban J connectivity index is 2.81. The summed E-state index contributed by atoms with van der Waals surface area (Å²) in [6.07, 6.45) is 2.05. The normalized spacial score (nSPS) is 13.4. The number of halogens is 1. The monoisotopic (exact) mass is 242 g/mol. The van der Waals surface area contributed by atoms with Gasteiger partial charge in [-0.05, 0) is 37.7 Å². The maximum absolute atomic E-state index is 6.02. The molecule has 0 aliphatic carbocycles. The molecular formula is C13H23ClN2. The van der Waals surface area contributed by atoms with E-state index in [4.69, 9.17) is 11.6 Å². The summed E-state index contributed by atoms with van der Waals surface area (Å²) in [7, 11) is 0. The minimum absolute atomic E-state index is 0.549. The summed E-state index contributed by atoms with van der Waals surface area (Å²) in [6, 6.07) is 2.23. The number of nitrogens with zero attached hydrogens (tertiary/aromatic N) is 2. The average molecular weight is 243 g/mol. The Morgan fingerprint density at radius 1 is 1.38 bits per heavy atom. The molecule has 0 N–H and O–H groups in total. The van der Waals surface area contributed by atoms with Crippen molar-refractivity contribution in [1.82, 2.24) is 9.78 Å². The molecule has 0 spiro atoms. The predicted octanol–water partition coefficient (Wildman–Crippen LogP) is 3.52. The summed E-state index contributed by atoms with van der Waals surface area (Å²) in [5.74, 6) is 1.91. The minimum atomic E-state index is 0.549. The second-order valence-electron chi connectivity index (χ2n) is 4.66. The van der Waals surface area contributed by atoms with Gasteiger partial charge in [0.25, 0.3) is 0 Å². The van der Waals surface area contributed by atoms with Crippen LogP contribution in [-0.4, -0.2) is 15.7 Å². The fourth-order valence-corrected chi connectivity index (χ4v) is 2.33. The third-order valence-corrected chi connectivity index (χ3v) is 3.58. The van der Waals surface area contributed by atoms with Gasteiger partial charge in [0.15, 0.2) is 0 Å². The van der Waals surface area contributed by atoms with Crippen molar-refractivity contribution < 1.29 is 0 Å². The number of hydrogen-bond donors (Lipinski definition) is 0. The van der Waals surface area contributed by atoms with E-state index in [0.717, 1.165) is 25.3 Å². The first-order valence-electron chi connectivity index (χ1n) is 6.23. The van der Waals surface area contributed by atoms with E-state index >= 15 is 0 Å². The van der Waals surface area contributed by atoms with Crippen LogP contribution in [0, 0.1) is 11.8 Å². The Morgan fingerprint density at radius 2 is 2.06 bits per heavy atom. The minimum Gasteiger partial charge on any atom is -0.270 e. The molecule has 0 bridgehead atoms. The van der Waals surface area contributed by atoms with E-state index in [9.17, 15) is 0 Å². The van der Waals surface area contributed by atoms with Gasteiger partial charge in [0.05, 0.1) is 5.69 Å². The van der Waals surface area contributed by atoms with Crippen LogP contribution in [0.2, 0.25) is 0 Å². The van der Waals surface area contributed by atoms with E-state index in [-0.39, 0.29) is 0 Å². The van der Waals surface area contributed by atoms with Crippen LogP contribution in [0.15, 0.2) is 6.07 Å². The van der Waals surface area contributed by atoms with E-state index < -0.39 is 0 Å². The summed E-state index contributed by atoms with van der Waals surface area (Å²) < 4.78 is 2.11. The SMILES string of the molecule is CCc1cc(CC(CCl)C(C)C)n(CC)n1. The number of hydrogen-bond acceptors (Lipinski definition) is 1. The molecule has 0 saturated carbocycles. The lowest BCUT2D eigenvalue weighted by atomic mass is 9.93. The number of aromatic nitrogens is 2. The Labute approximate surface area is 104 Å². The smallest absolute Gasteiger partial charge is 0.0624 e. The van der Waals surface area contributed by atoms with E-state index in [1.165, 1.54) is 11.4 Å². The van der Waals surface area contributed by atoms with Gasteiger partial charge < -0.3 is 0 Å². The number of rotatable bonds is 6. The molecule has 0 amide bonds. The van der Waals surface area contributed by atoms with Crippen LogP contribution in [0.3, 0.4) is 0 Å². The zero-order valence-electron chi connectivity index (χ0n) is 10.8.